The smallest absolute Gasteiger partial charge is 0.211 e. The molecule has 1 aromatic carbocycles. The van der Waals surface area contributed by atoms with Crippen LogP contribution in [0.4, 0.5) is 0 Å². The van der Waals surface area contributed by atoms with Crippen LogP contribution in [0.5, 0.6) is 0 Å². The zero-order valence-electron chi connectivity index (χ0n) is 9.56. The van der Waals surface area contributed by atoms with Crippen molar-refractivity contribution in [3.63, 3.8) is 0 Å². The third kappa shape index (κ3) is 2.98. The van der Waals surface area contributed by atoms with E-state index in [1.54, 1.807) is 6.07 Å². The predicted molar refractivity (Wildman–Crippen MR) is 68.6 cm³/mol. The van der Waals surface area contributed by atoms with Gasteiger partial charge in [-0.1, -0.05) is 23.7 Å². The van der Waals surface area contributed by atoms with Crippen LogP contribution >= 0.6 is 11.6 Å². The van der Waals surface area contributed by atoms with E-state index < -0.39 is 10.0 Å². The summed E-state index contributed by atoms with van der Waals surface area (Å²) < 4.78 is 25.0. The third-order valence-electron chi connectivity index (χ3n) is 2.85. The monoisotopic (exact) mass is 274 g/mol. The summed E-state index contributed by atoms with van der Waals surface area (Å²) in [4.78, 5) is 0. The Morgan fingerprint density at radius 2 is 2.24 bits per heavy atom. The fourth-order valence-electron chi connectivity index (χ4n) is 2.08. The lowest BCUT2D eigenvalue weighted by molar-refractivity contribution is 0.273. The van der Waals surface area contributed by atoms with Crippen molar-refractivity contribution in [2.24, 2.45) is 0 Å². The van der Waals surface area contributed by atoms with Crippen molar-refractivity contribution in [1.29, 1.82) is 0 Å². The molecule has 4 nitrogen and oxygen atoms in total. The molecule has 1 N–H and O–H groups in total. The fourth-order valence-corrected chi connectivity index (χ4v) is 3.36. The number of nitrogens with zero attached hydrogens (tertiary/aromatic N) is 1. The van der Waals surface area contributed by atoms with Crippen LogP contribution < -0.4 is 5.32 Å². The fraction of sp³-hybridized carbons (Fsp3) is 0.455. The molecule has 0 aliphatic carbocycles. The van der Waals surface area contributed by atoms with Gasteiger partial charge in [-0.25, -0.2) is 8.42 Å². The van der Waals surface area contributed by atoms with Gasteiger partial charge in [-0.05, 0) is 17.7 Å². The van der Waals surface area contributed by atoms with Crippen molar-refractivity contribution in [2.45, 2.75) is 6.04 Å². The number of halogens is 1. The van der Waals surface area contributed by atoms with E-state index in [1.807, 2.05) is 18.2 Å². The Labute approximate surface area is 107 Å². The van der Waals surface area contributed by atoms with Crippen LogP contribution in [-0.4, -0.2) is 38.6 Å². The molecule has 0 amide bonds. The summed E-state index contributed by atoms with van der Waals surface area (Å²) in [5.41, 5.74) is 0.926. The van der Waals surface area contributed by atoms with Crippen molar-refractivity contribution >= 4 is 21.6 Å². The lowest BCUT2D eigenvalue weighted by Crippen LogP contribution is -2.48. The number of hydrogen-bond donors (Lipinski definition) is 1. The lowest BCUT2D eigenvalue weighted by atomic mass is 10.1. The van der Waals surface area contributed by atoms with E-state index in [0.717, 1.165) is 5.56 Å². The van der Waals surface area contributed by atoms with Gasteiger partial charge in [0.15, 0.2) is 0 Å². The number of rotatable bonds is 2. The van der Waals surface area contributed by atoms with Crippen molar-refractivity contribution in [1.82, 2.24) is 9.62 Å². The van der Waals surface area contributed by atoms with Gasteiger partial charge in [-0.3, -0.25) is 0 Å². The molecule has 0 aromatic heterocycles. The Balaban J connectivity index is 2.34. The summed E-state index contributed by atoms with van der Waals surface area (Å²) in [7, 11) is -3.19. The molecule has 1 atom stereocenters. The summed E-state index contributed by atoms with van der Waals surface area (Å²) >= 11 is 5.94. The van der Waals surface area contributed by atoms with Crippen LogP contribution in [0, 0.1) is 0 Å². The summed E-state index contributed by atoms with van der Waals surface area (Å²) in [6.45, 7) is 1.80. The molecule has 1 heterocycles. The quantitative estimate of drug-likeness (QED) is 0.883. The summed E-state index contributed by atoms with van der Waals surface area (Å²) in [6, 6.07) is 7.18. The van der Waals surface area contributed by atoms with Gasteiger partial charge < -0.3 is 5.32 Å². The van der Waals surface area contributed by atoms with Gasteiger partial charge in [-0.15, -0.1) is 0 Å². The second-order valence-electron chi connectivity index (χ2n) is 4.15. The van der Waals surface area contributed by atoms with Crippen LogP contribution in [0.2, 0.25) is 5.02 Å². The molecule has 0 radical (unpaired) electrons. The van der Waals surface area contributed by atoms with E-state index in [1.165, 1.54) is 10.6 Å². The number of benzene rings is 1. The molecular weight excluding hydrogens is 260 g/mol. The second kappa shape index (κ2) is 4.94. The van der Waals surface area contributed by atoms with Crippen LogP contribution in [-0.2, 0) is 10.0 Å². The van der Waals surface area contributed by atoms with Gasteiger partial charge in [0.2, 0.25) is 10.0 Å². The highest BCUT2D eigenvalue weighted by Crippen LogP contribution is 2.26. The molecule has 1 aromatic rings. The number of hydrogen-bond acceptors (Lipinski definition) is 3. The average Bonchev–Trinajstić information content (AvgIpc) is 2.28. The number of sulfonamides is 1. The number of piperazine rings is 1. The van der Waals surface area contributed by atoms with Gasteiger partial charge in [0.05, 0.1) is 12.3 Å². The Morgan fingerprint density at radius 3 is 2.88 bits per heavy atom. The third-order valence-corrected chi connectivity index (χ3v) is 4.38. The minimum absolute atomic E-state index is 0.169. The van der Waals surface area contributed by atoms with Crippen LogP contribution in [0.15, 0.2) is 24.3 Å². The summed E-state index contributed by atoms with van der Waals surface area (Å²) in [5, 5.41) is 3.83. The van der Waals surface area contributed by atoms with Gasteiger partial charge >= 0.3 is 0 Å². The maximum Gasteiger partial charge on any atom is 0.211 e. The average molecular weight is 275 g/mol. The molecule has 6 heteroatoms. The van der Waals surface area contributed by atoms with E-state index in [2.05, 4.69) is 5.32 Å². The maximum absolute atomic E-state index is 11.7. The molecule has 17 heavy (non-hydrogen) atoms. The van der Waals surface area contributed by atoms with Crippen molar-refractivity contribution in [2.75, 3.05) is 25.9 Å². The van der Waals surface area contributed by atoms with Gasteiger partial charge in [0, 0.05) is 24.7 Å². The van der Waals surface area contributed by atoms with Crippen LogP contribution in [0.1, 0.15) is 11.6 Å². The minimum atomic E-state index is -3.19. The van der Waals surface area contributed by atoms with Crippen molar-refractivity contribution in [3.05, 3.63) is 34.9 Å². The van der Waals surface area contributed by atoms with Crippen LogP contribution in [0.3, 0.4) is 0 Å². The summed E-state index contributed by atoms with van der Waals surface area (Å²) in [5.74, 6) is 0. The summed E-state index contributed by atoms with van der Waals surface area (Å²) in [6.07, 6.45) is 1.25. The van der Waals surface area contributed by atoms with Crippen molar-refractivity contribution < 1.29 is 8.42 Å². The SMILES string of the molecule is CS(=O)(=O)N1CCNCC1c1cccc(Cl)c1. The Morgan fingerprint density at radius 1 is 1.47 bits per heavy atom. The normalized spacial score (nSPS) is 22.6. The Bertz CT molecular complexity index is 504. The highest BCUT2D eigenvalue weighted by Gasteiger charge is 2.30. The van der Waals surface area contributed by atoms with E-state index in [-0.39, 0.29) is 6.04 Å². The standard InChI is InChI=1S/C11H15ClN2O2S/c1-17(15,16)14-6-5-13-8-11(14)9-3-2-4-10(12)7-9/h2-4,7,11,13H,5-6,8H2,1H3. The van der Waals surface area contributed by atoms with E-state index in [0.29, 0.717) is 24.7 Å². The van der Waals surface area contributed by atoms with E-state index in [9.17, 15) is 8.42 Å². The molecule has 1 unspecified atom stereocenters. The first-order valence-corrected chi connectivity index (χ1v) is 7.64. The molecule has 94 valence electrons. The molecule has 0 saturated carbocycles. The molecule has 1 saturated heterocycles. The topological polar surface area (TPSA) is 49.4 Å². The highest BCUT2D eigenvalue weighted by atomic mass is 35.5. The maximum atomic E-state index is 11.7. The Kier molecular flexibility index (Phi) is 3.73. The zero-order valence-corrected chi connectivity index (χ0v) is 11.1. The minimum Gasteiger partial charge on any atom is -0.313 e. The van der Waals surface area contributed by atoms with Crippen LogP contribution in [0.25, 0.3) is 0 Å². The largest absolute Gasteiger partial charge is 0.313 e. The lowest BCUT2D eigenvalue weighted by Gasteiger charge is -2.34. The van der Waals surface area contributed by atoms with Gasteiger partial charge in [0.25, 0.3) is 0 Å². The first-order valence-electron chi connectivity index (χ1n) is 5.41. The highest BCUT2D eigenvalue weighted by molar-refractivity contribution is 7.88. The van der Waals surface area contributed by atoms with Gasteiger partial charge in [-0.2, -0.15) is 4.31 Å². The Hall–Kier alpha value is -0.620. The molecule has 1 aliphatic heterocycles. The second-order valence-corrected chi connectivity index (χ2v) is 6.52. The molecular formula is C11H15ClN2O2S. The zero-order chi connectivity index (χ0) is 12.5. The first kappa shape index (κ1) is 12.8. The molecule has 1 fully saturated rings. The van der Waals surface area contributed by atoms with E-state index >= 15 is 0 Å². The van der Waals surface area contributed by atoms with E-state index in [4.69, 9.17) is 11.6 Å². The van der Waals surface area contributed by atoms with Gasteiger partial charge in [0.1, 0.15) is 0 Å². The number of nitrogens with one attached hydrogen (secondary N) is 1. The molecule has 0 bridgehead atoms. The molecule has 2 rings (SSSR count). The predicted octanol–water partition coefficient (Wildman–Crippen LogP) is 1.25. The first-order chi connectivity index (χ1) is 7.98. The molecule has 1 aliphatic rings. The molecule has 0 spiro atoms. The van der Waals surface area contributed by atoms with Crippen molar-refractivity contribution in [3.8, 4) is 0 Å².